The third-order valence-corrected chi connectivity index (χ3v) is 3.93. The van der Waals surface area contributed by atoms with Gasteiger partial charge in [-0.3, -0.25) is 9.48 Å². The second-order valence-electron chi connectivity index (χ2n) is 5.41. The number of carbonyl (C=O) groups is 1. The summed E-state index contributed by atoms with van der Waals surface area (Å²) in [7, 11) is 0. The summed E-state index contributed by atoms with van der Waals surface area (Å²) >= 11 is 6.24. The number of nitrogens with zero attached hydrogens (tertiary/aromatic N) is 2. The van der Waals surface area contributed by atoms with Crippen LogP contribution in [0.2, 0.25) is 5.15 Å². The van der Waals surface area contributed by atoms with Crippen LogP contribution in [0.5, 0.6) is 0 Å². The second-order valence-corrected chi connectivity index (χ2v) is 5.77. The molecule has 1 heterocycles. The molecule has 4 nitrogen and oxygen atoms in total. The van der Waals surface area contributed by atoms with E-state index in [0.717, 1.165) is 31.1 Å². The van der Waals surface area contributed by atoms with Gasteiger partial charge in [-0.05, 0) is 31.6 Å². The molecule has 0 atom stereocenters. The molecule has 2 aromatic rings. The van der Waals surface area contributed by atoms with Gasteiger partial charge in [0.2, 0.25) is 5.91 Å². The summed E-state index contributed by atoms with van der Waals surface area (Å²) in [5.41, 5.74) is 0.762. The normalized spacial score (nSPS) is 11.3. The number of aryl methyl sites for hydroxylation is 2. The Morgan fingerprint density at radius 1 is 1.32 bits per heavy atom. The van der Waals surface area contributed by atoms with E-state index in [4.69, 9.17) is 11.6 Å². The van der Waals surface area contributed by atoms with Crippen LogP contribution in [0.25, 0.3) is 6.08 Å². The summed E-state index contributed by atoms with van der Waals surface area (Å²) in [6, 6.07) is 1.68. The van der Waals surface area contributed by atoms with Crippen LogP contribution in [0.1, 0.15) is 31.0 Å². The van der Waals surface area contributed by atoms with Crippen LogP contribution in [-0.4, -0.2) is 15.7 Å². The van der Waals surface area contributed by atoms with Crippen molar-refractivity contribution in [1.29, 1.82) is 0 Å². The molecule has 0 saturated heterocycles. The average molecular weight is 372 g/mol. The van der Waals surface area contributed by atoms with Gasteiger partial charge < -0.3 is 5.32 Å². The number of hydrogen-bond acceptors (Lipinski definition) is 2. The highest BCUT2D eigenvalue weighted by Gasteiger charge is 2.15. The highest BCUT2D eigenvalue weighted by Crippen LogP contribution is 2.22. The van der Waals surface area contributed by atoms with Gasteiger partial charge in [-0.2, -0.15) is 5.10 Å². The Morgan fingerprint density at radius 2 is 2.04 bits per heavy atom. The van der Waals surface area contributed by atoms with Crippen LogP contribution in [-0.2, 0) is 11.3 Å². The zero-order chi connectivity index (χ0) is 18.6. The molecular weight excluding hydrogens is 355 g/mol. The van der Waals surface area contributed by atoms with Crippen LogP contribution in [0.3, 0.4) is 0 Å². The van der Waals surface area contributed by atoms with E-state index in [9.17, 15) is 18.0 Å². The Labute approximate surface area is 148 Å². The molecule has 0 aliphatic heterocycles. The molecule has 0 bridgehead atoms. The molecule has 1 aromatic heterocycles. The molecule has 25 heavy (non-hydrogen) atoms. The van der Waals surface area contributed by atoms with E-state index in [1.54, 1.807) is 11.6 Å². The molecule has 1 amide bonds. The number of unbranched alkanes of at least 4 members (excludes halogenated alkanes) is 1. The van der Waals surface area contributed by atoms with E-state index in [1.165, 1.54) is 6.08 Å². The number of amides is 1. The highest BCUT2D eigenvalue weighted by atomic mass is 35.5. The van der Waals surface area contributed by atoms with Gasteiger partial charge in [0.15, 0.2) is 17.5 Å². The van der Waals surface area contributed by atoms with E-state index in [-0.39, 0.29) is 0 Å². The fourth-order valence-electron chi connectivity index (χ4n) is 2.17. The molecule has 0 saturated carbocycles. The summed E-state index contributed by atoms with van der Waals surface area (Å²) in [6.45, 7) is 4.46. The molecule has 134 valence electrons. The van der Waals surface area contributed by atoms with Crippen molar-refractivity contribution >= 4 is 29.3 Å². The number of anilines is 1. The van der Waals surface area contributed by atoms with Crippen LogP contribution < -0.4 is 5.32 Å². The SMILES string of the molecule is CCCCn1nc(C)c(/C=C/C(=O)Nc2ccc(F)c(F)c2F)c1Cl. The van der Waals surface area contributed by atoms with E-state index >= 15 is 0 Å². The molecule has 0 aliphatic carbocycles. The Kier molecular flexibility index (Phi) is 6.25. The Hall–Kier alpha value is -2.28. The molecule has 0 spiro atoms. The number of aromatic nitrogens is 2. The highest BCUT2D eigenvalue weighted by molar-refractivity contribution is 6.31. The van der Waals surface area contributed by atoms with E-state index in [0.29, 0.717) is 23.0 Å². The lowest BCUT2D eigenvalue weighted by molar-refractivity contribution is -0.111. The molecule has 8 heteroatoms. The van der Waals surface area contributed by atoms with E-state index in [1.807, 2.05) is 6.92 Å². The van der Waals surface area contributed by atoms with Gasteiger partial charge in [-0.15, -0.1) is 0 Å². The predicted octanol–water partition coefficient (Wildman–Crippen LogP) is 4.71. The molecular formula is C17H17ClF3N3O. The zero-order valence-corrected chi connectivity index (χ0v) is 14.5. The van der Waals surface area contributed by atoms with Crippen LogP contribution in [0.15, 0.2) is 18.2 Å². The molecule has 0 fully saturated rings. The molecule has 0 aliphatic rings. The third-order valence-electron chi connectivity index (χ3n) is 3.53. The van der Waals surface area contributed by atoms with Crippen molar-refractivity contribution in [2.24, 2.45) is 0 Å². The smallest absolute Gasteiger partial charge is 0.248 e. The van der Waals surface area contributed by atoms with Crippen molar-refractivity contribution in [2.75, 3.05) is 5.32 Å². The van der Waals surface area contributed by atoms with E-state index in [2.05, 4.69) is 10.4 Å². The van der Waals surface area contributed by atoms with Gasteiger partial charge in [0.05, 0.1) is 11.4 Å². The maximum atomic E-state index is 13.5. The lowest BCUT2D eigenvalue weighted by Gasteiger charge is -2.05. The van der Waals surface area contributed by atoms with E-state index < -0.39 is 29.0 Å². The first-order chi connectivity index (χ1) is 11.8. The minimum absolute atomic E-state index is 0.397. The molecule has 0 radical (unpaired) electrons. The topological polar surface area (TPSA) is 46.9 Å². The number of rotatable bonds is 6. The second kappa shape index (κ2) is 8.20. The quantitative estimate of drug-likeness (QED) is 0.590. The van der Waals surface area contributed by atoms with Gasteiger partial charge >= 0.3 is 0 Å². The summed E-state index contributed by atoms with van der Waals surface area (Å²) < 4.78 is 41.2. The monoisotopic (exact) mass is 371 g/mol. The first kappa shape index (κ1) is 19.1. The van der Waals surface area contributed by atoms with Crippen molar-refractivity contribution in [1.82, 2.24) is 9.78 Å². The summed E-state index contributed by atoms with van der Waals surface area (Å²) in [5, 5.41) is 6.84. The zero-order valence-electron chi connectivity index (χ0n) is 13.7. The number of nitrogens with one attached hydrogen (secondary N) is 1. The van der Waals surface area contributed by atoms with Crippen molar-refractivity contribution in [2.45, 2.75) is 33.2 Å². The van der Waals surface area contributed by atoms with Gasteiger partial charge in [-0.25, -0.2) is 13.2 Å². The lowest BCUT2D eigenvalue weighted by atomic mass is 10.2. The Morgan fingerprint density at radius 3 is 2.72 bits per heavy atom. The fourth-order valence-corrected chi connectivity index (χ4v) is 2.49. The Balaban J connectivity index is 2.13. The summed E-state index contributed by atoms with van der Waals surface area (Å²) in [5.74, 6) is -5.13. The van der Waals surface area contributed by atoms with Crippen molar-refractivity contribution in [3.8, 4) is 0 Å². The first-order valence-electron chi connectivity index (χ1n) is 7.70. The standard InChI is InChI=1S/C17H17ClF3N3O/c1-3-4-9-24-17(18)11(10(2)23-24)5-8-14(25)22-13-7-6-12(19)15(20)16(13)21/h5-8H,3-4,9H2,1-2H3,(H,22,25)/b8-5+. The molecule has 1 aromatic carbocycles. The summed E-state index contributed by atoms with van der Waals surface area (Å²) in [6.07, 6.45) is 4.48. The van der Waals surface area contributed by atoms with Crippen LogP contribution in [0, 0.1) is 24.4 Å². The van der Waals surface area contributed by atoms with Gasteiger partial charge in [-0.1, -0.05) is 24.9 Å². The van der Waals surface area contributed by atoms with Gasteiger partial charge in [0.1, 0.15) is 5.15 Å². The minimum Gasteiger partial charge on any atom is -0.320 e. The third kappa shape index (κ3) is 4.42. The van der Waals surface area contributed by atoms with Crippen LogP contribution in [0.4, 0.5) is 18.9 Å². The Bertz CT molecular complexity index is 818. The van der Waals surface area contributed by atoms with Crippen LogP contribution >= 0.6 is 11.6 Å². The van der Waals surface area contributed by atoms with Gasteiger partial charge in [0, 0.05) is 18.2 Å². The number of benzene rings is 1. The van der Waals surface area contributed by atoms with Crippen molar-refractivity contribution in [3.05, 3.63) is 52.1 Å². The number of hydrogen-bond donors (Lipinski definition) is 1. The first-order valence-corrected chi connectivity index (χ1v) is 8.08. The maximum absolute atomic E-state index is 13.5. The minimum atomic E-state index is -1.64. The number of halogens is 4. The summed E-state index contributed by atoms with van der Waals surface area (Å²) in [4.78, 5) is 11.9. The largest absolute Gasteiger partial charge is 0.320 e. The number of carbonyl (C=O) groups excluding carboxylic acids is 1. The van der Waals surface area contributed by atoms with Gasteiger partial charge in [0.25, 0.3) is 0 Å². The maximum Gasteiger partial charge on any atom is 0.248 e. The lowest BCUT2D eigenvalue weighted by Crippen LogP contribution is -2.10. The molecule has 2 rings (SSSR count). The predicted molar refractivity (Wildman–Crippen MR) is 90.9 cm³/mol. The van der Waals surface area contributed by atoms with Crippen molar-refractivity contribution < 1.29 is 18.0 Å². The average Bonchev–Trinajstić information content (AvgIpc) is 2.85. The fraction of sp³-hybridized carbons (Fsp3) is 0.294. The van der Waals surface area contributed by atoms with Crippen molar-refractivity contribution in [3.63, 3.8) is 0 Å². The molecule has 0 unspecified atom stereocenters. The molecule has 1 N–H and O–H groups in total.